The van der Waals surface area contributed by atoms with Gasteiger partial charge >= 0.3 is 0 Å². The standard InChI is InChI=1S/C27H25Cl2N3O3/c1-3-15-35-22-12-9-19(10-13-22)16-25(30-26(33)20-7-5-4-6-8-20)27(34)32-31-18(2)21-11-14-23(28)24(29)17-21/h4-14,16-17,31H,2-3,15H2,1H3,(H,30,33)(H,32,34). The smallest absolute Gasteiger partial charge is 0.286 e. The quantitative estimate of drug-likeness (QED) is 0.236. The van der Waals surface area contributed by atoms with Gasteiger partial charge in [0.05, 0.1) is 22.3 Å². The summed E-state index contributed by atoms with van der Waals surface area (Å²) in [4.78, 5) is 25.7. The minimum Gasteiger partial charge on any atom is -0.494 e. The summed E-state index contributed by atoms with van der Waals surface area (Å²) in [5.41, 5.74) is 7.50. The van der Waals surface area contributed by atoms with Crippen molar-refractivity contribution in [3.8, 4) is 5.75 Å². The van der Waals surface area contributed by atoms with Gasteiger partial charge in [0.25, 0.3) is 11.8 Å². The minimum absolute atomic E-state index is 0.0375. The van der Waals surface area contributed by atoms with Crippen LogP contribution in [0.1, 0.15) is 34.8 Å². The second kappa shape index (κ2) is 12.6. The molecule has 0 aromatic heterocycles. The van der Waals surface area contributed by atoms with Crippen molar-refractivity contribution in [3.63, 3.8) is 0 Å². The fraction of sp³-hybridized carbons (Fsp3) is 0.111. The van der Waals surface area contributed by atoms with Crippen LogP contribution in [-0.2, 0) is 4.79 Å². The summed E-state index contributed by atoms with van der Waals surface area (Å²) in [6, 6.07) is 20.8. The number of hydrogen-bond acceptors (Lipinski definition) is 4. The van der Waals surface area contributed by atoms with Crippen LogP contribution in [-0.4, -0.2) is 18.4 Å². The Labute approximate surface area is 214 Å². The van der Waals surface area contributed by atoms with Crippen molar-refractivity contribution in [2.24, 2.45) is 0 Å². The molecule has 0 bridgehead atoms. The summed E-state index contributed by atoms with van der Waals surface area (Å²) in [5.74, 6) is -0.261. The van der Waals surface area contributed by atoms with Crippen molar-refractivity contribution in [3.05, 3.63) is 112 Å². The molecule has 8 heteroatoms. The number of hydrazine groups is 1. The first-order valence-corrected chi connectivity index (χ1v) is 11.6. The van der Waals surface area contributed by atoms with Crippen LogP contribution in [0.4, 0.5) is 0 Å². The fourth-order valence-electron chi connectivity index (χ4n) is 2.94. The number of rotatable bonds is 10. The zero-order chi connectivity index (χ0) is 25.2. The topological polar surface area (TPSA) is 79.5 Å². The van der Waals surface area contributed by atoms with Crippen molar-refractivity contribution >= 4 is 46.8 Å². The van der Waals surface area contributed by atoms with Crippen molar-refractivity contribution in [2.45, 2.75) is 13.3 Å². The predicted octanol–water partition coefficient (Wildman–Crippen LogP) is 5.84. The molecule has 2 amide bonds. The van der Waals surface area contributed by atoms with Gasteiger partial charge in [-0.25, -0.2) is 0 Å². The van der Waals surface area contributed by atoms with Crippen molar-refractivity contribution in [1.82, 2.24) is 16.2 Å². The Morgan fingerprint density at radius 2 is 1.63 bits per heavy atom. The van der Waals surface area contributed by atoms with E-state index in [1.807, 2.05) is 6.92 Å². The van der Waals surface area contributed by atoms with Crippen LogP contribution < -0.4 is 20.9 Å². The van der Waals surface area contributed by atoms with Gasteiger partial charge in [-0.1, -0.05) is 73.1 Å². The molecular formula is C27H25Cl2N3O3. The molecule has 0 fully saturated rings. The van der Waals surface area contributed by atoms with Gasteiger partial charge in [0.1, 0.15) is 11.4 Å². The average molecular weight is 510 g/mol. The van der Waals surface area contributed by atoms with Gasteiger partial charge in [-0.05, 0) is 54.5 Å². The Morgan fingerprint density at radius 1 is 0.914 bits per heavy atom. The summed E-state index contributed by atoms with van der Waals surface area (Å²) < 4.78 is 5.60. The second-order valence-electron chi connectivity index (χ2n) is 7.48. The van der Waals surface area contributed by atoms with E-state index in [9.17, 15) is 9.59 Å². The first-order chi connectivity index (χ1) is 16.9. The van der Waals surface area contributed by atoms with Crippen LogP contribution in [0.15, 0.2) is 85.1 Å². The van der Waals surface area contributed by atoms with Crippen molar-refractivity contribution < 1.29 is 14.3 Å². The zero-order valence-electron chi connectivity index (χ0n) is 19.1. The molecule has 0 aliphatic carbocycles. The van der Waals surface area contributed by atoms with Crippen LogP contribution in [0.3, 0.4) is 0 Å². The molecule has 0 unspecified atom stereocenters. The molecule has 0 aliphatic rings. The Morgan fingerprint density at radius 3 is 2.29 bits per heavy atom. The molecule has 0 saturated carbocycles. The van der Waals surface area contributed by atoms with Gasteiger partial charge in [-0.15, -0.1) is 0 Å². The van der Waals surface area contributed by atoms with Crippen LogP contribution in [0.2, 0.25) is 10.0 Å². The van der Waals surface area contributed by atoms with E-state index in [0.29, 0.717) is 39.0 Å². The van der Waals surface area contributed by atoms with Gasteiger partial charge < -0.3 is 10.1 Å². The van der Waals surface area contributed by atoms with Crippen molar-refractivity contribution in [1.29, 1.82) is 0 Å². The van der Waals surface area contributed by atoms with Gasteiger partial charge in [-0.2, -0.15) is 0 Å². The van der Waals surface area contributed by atoms with Crippen molar-refractivity contribution in [2.75, 3.05) is 6.61 Å². The van der Waals surface area contributed by atoms with Gasteiger partial charge in [-0.3, -0.25) is 20.4 Å². The van der Waals surface area contributed by atoms with Crippen LogP contribution >= 0.6 is 23.2 Å². The van der Waals surface area contributed by atoms with Gasteiger partial charge in [0.15, 0.2) is 0 Å². The Bertz CT molecular complexity index is 1230. The number of ether oxygens (including phenoxy) is 1. The summed E-state index contributed by atoms with van der Waals surface area (Å²) in [6.07, 6.45) is 2.47. The molecule has 180 valence electrons. The lowest BCUT2D eigenvalue weighted by atomic mass is 10.1. The average Bonchev–Trinajstić information content (AvgIpc) is 2.88. The SMILES string of the molecule is C=C(NNC(=O)C(=Cc1ccc(OCCC)cc1)NC(=O)c1ccccc1)c1ccc(Cl)c(Cl)c1. The van der Waals surface area contributed by atoms with E-state index in [2.05, 4.69) is 22.7 Å². The molecule has 0 aliphatic heterocycles. The van der Waals surface area contributed by atoms with E-state index in [-0.39, 0.29) is 5.70 Å². The Hall–Kier alpha value is -3.74. The van der Waals surface area contributed by atoms with E-state index in [1.165, 1.54) is 0 Å². The second-order valence-corrected chi connectivity index (χ2v) is 8.30. The minimum atomic E-state index is -0.568. The predicted molar refractivity (Wildman–Crippen MR) is 141 cm³/mol. The number of nitrogens with one attached hydrogen (secondary N) is 3. The summed E-state index contributed by atoms with van der Waals surface area (Å²) >= 11 is 12.0. The molecule has 3 aromatic rings. The molecule has 0 radical (unpaired) electrons. The molecular weight excluding hydrogens is 485 g/mol. The van der Waals surface area contributed by atoms with E-state index < -0.39 is 11.8 Å². The number of halogens is 2. The summed E-state index contributed by atoms with van der Waals surface area (Å²) in [5, 5.41) is 3.45. The summed E-state index contributed by atoms with van der Waals surface area (Å²) in [6.45, 7) is 6.55. The highest BCUT2D eigenvalue weighted by atomic mass is 35.5. The van der Waals surface area contributed by atoms with E-state index in [0.717, 1.165) is 12.2 Å². The monoisotopic (exact) mass is 509 g/mol. The molecule has 0 atom stereocenters. The lowest BCUT2D eigenvalue weighted by Gasteiger charge is -2.15. The summed E-state index contributed by atoms with van der Waals surface area (Å²) in [7, 11) is 0. The van der Waals surface area contributed by atoms with Crippen LogP contribution in [0.25, 0.3) is 11.8 Å². The largest absolute Gasteiger partial charge is 0.494 e. The fourth-order valence-corrected chi connectivity index (χ4v) is 3.24. The highest BCUT2D eigenvalue weighted by Gasteiger charge is 2.15. The third-order valence-electron chi connectivity index (χ3n) is 4.79. The number of carbonyl (C=O) groups excluding carboxylic acids is 2. The Balaban J connectivity index is 1.77. The molecule has 35 heavy (non-hydrogen) atoms. The van der Waals surface area contributed by atoms with E-state index >= 15 is 0 Å². The first kappa shape index (κ1) is 25.9. The van der Waals surface area contributed by atoms with Gasteiger partial charge in [0, 0.05) is 11.1 Å². The lowest BCUT2D eigenvalue weighted by molar-refractivity contribution is -0.118. The van der Waals surface area contributed by atoms with Crippen LogP contribution in [0, 0.1) is 0 Å². The molecule has 0 heterocycles. The molecule has 3 N–H and O–H groups in total. The number of amides is 2. The zero-order valence-corrected chi connectivity index (χ0v) is 20.6. The third-order valence-corrected chi connectivity index (χ3v) is 5.53. The number of carbonyl (C=O) groups is 2. The van der Waals surface area contributed by atoms with E-state index in [1.54, 1.807) is 78.9 Å². The number of hydrogen-bond donors (Lipinski definition) is 3. The Kier molecular flexibility index (Phi) is 9.35. The molecule has 3 aromatic carbocycles. The number of benzene rings is 3. The molecule has 0 saturated heterocycles. The first-order valence-electron chi connectivity index (χ1n) is 10.9. The molecule has 6 nitrogen and oxygen atoms in total. The lowest BCUT2D eigenvalue weighted by Crippen LogP contribution is -2.41. The highest BCUT2D eigenvalue weighted by molar-refractivity contribution is 6.42. The normalized spacial score (nSPS) is 10.9. The molecule has 3 rings (SSSR count). The van der Waals surface area contributed by atoms with E-state index in [4.69, 9.17) is 27.9 Å². The van der Waals surface area contributed by atoms with Crippen LogP contribution in [0.5, 0.6) is 5.75 Å². The maximum atomic E-state index is 13.0. The third kappa shape index (κ3) is 7.64. The molecule has 0 spiro atoms. The van der Waals surface area contributed by atoms with Gasteiger partial charge in [0.2, 0.25) is 0 Å². The maximum absolute atomic E-state index is 13.0. The highest BCUT2D eigenvalue weighted by Crippen LogP contribution is 2.24. The maximum Gasteiger partial charge on any atom is 0.286 e.